The molecule has 1 heterocycles. The van der Waals surface area contributed by atoms with Crippen molar-refractivity contribution in [2.24, 2.45) is 0 Å². The van der Waals surface area contributed by atoms with Crippen LogP contribution >= 0.6 is 0 Å². The molecule has 0 atom stereocenters. The zero-order chi connectivity index (χ0) is 14.1. The zero-order valence-corrected chi connectivity index (χ0v) is 12.5. The van der Waals surface area contributed by atoms with Crippen LogP contribution in [0.1, 0.15) is 41.8 Å². The first-order valence-corrected chi connectivity index (χ1v) is 7.63. The molecule has 108 valence electrons. The second-order valence-corrected chi connectivity index (χ2v) is 6.18. The molecule has 1 N–H and O–H groups in total. The monoisotopic (exact) mass is 273 g/mol. The van der Waals surface area contributed by atoms with Crippen LogP contribution in [0.5, 0.6) is 0 Å². The van der Waals surface area contributed by atoms with E-state index in [0.29, 0.717) is 6.54 Å². The Balaban J connectivity index is 1.95. The van der Waals surface area contributed by atoms with Gasteiger partial charge in [-0.25, -0.2) is 0 Å². The van der Waals surface area contributed by atoms with E-state index in [2.05, 4.69) is 5.32 Å². The van der Waals surface area contributed by atoms with E-state index in [9.17, 15) is 4.79 Å². The minimum absolute atomic E-state index is 0.0862. The van der Waals surface area contributed by atoms with Gasteiger partial charge in [0.1, 0.15) is 0 Å². The summed E-state index contributed by atoms with van der Waals surface area (Å²) < 4.78 is 0. The molecule has 20 heavy (non-hydrogen) atoms. The number of aryl methyl sites for hydroxylation is 2. The summed E-state index contributed by atoms with van der Waals surface area (Å²) in [5.41, 5.74) is 6.18. The van der Waals surface area contributed by atoms with E-state index in [-0.39, 0.29) is 5.91 Å². The van der Waals surface area contributed by atoms with Crippen molar-refractivity contribution < 1.29 is 4.79 Å². The van der Waals surface area contributed by atoms with Crippen molar-refractivity contribution in [1.82, 2.24) is 9.88 Å². The lowest BCUT2D eigenvalue weighted by atomic mass is 9.92. The lowest BCUT2D eigenvalue weighted by molar-refractivity contribution is -0.116. The summed E-state index contributed by atoms with van der Waals surface area (Å²) in [5.74, 6) is 0.0862. The molecule has 4 nitrogen and oxygen atoms in total. The Morgan fingerprint density at radius 1 is 1.05 bits per heavy atom. The number of nitrogens with zero attached hydrogens (tertiary/aromatic N) is 2. The number of carbonyl (C=O) groups excluding carboxylic acids is 1. The Kier molecular flexibility index (Phi) is 3.74. The molecule has 2 aliphatic rings. The third-order valence-electron chi connectivity index (χ3n) is 4.23. The fourth-order valence-electron chi connectivity index (χ4n) is 3.36. The average molecular weight is 273 g/mol. The quantitative estimate of drug-likeness (QED) is 0.915. The number of pyridine rings is 1. The van der Waals surface area contributed by atoms with Crippen LogP contribution in [0.2, 0.25) is 0 Å². The maximum atomic E-state index is 12.1. The molecule has 0 bridgehead atoms. The zero-order valence-electron chi connectivity index (χ0n) is 12.5. The first kappa shape index (κ1) is 13.6. The maximum absolute atomic E-state index is 12.1. The number of amides is 1. The SMILES string of the molecule is CN(C)CC(=O)Nc1c2c(nc3c1CCC3)CCCC2. The summed E-state index contributed by atoms with van der Waals surface area (Å²) in [6.45, 7) is 0.436. The Morgan fingerprint density at radius 2 is 1.65 bits per heavy atom. The third-order valence-corrected chi connectivity index (χ3v) is 4.23. The molecule has 1 amide bonds. The molecule has 0 spiro atoms. The van der Waals surface area contributed by atoms with Gasteiger partial charge in [0.2, 0.25) is 5.91 Å². The van der Waals surface area contributed by atoms with E-state index in [1.807, 2.05) is 19.0 Å². The van der Waals surface area contributed by atoms with E-state index in [4.69, 9.17) is 4.98 Å². The Bertz CT molecular complexity index is 537. The average Bonchev–Trinajstić information content (AvgIpc) is 2.85. The summed E-state index contributed by atoms with van der Waals surface area (Å²) in [7, 11) is 3.85. The Morgan fingerprint density at radius 3 is 2.35 bits per heavy atom. The number of hydrogen-bond donors (Lipinski definition) is 1. The van der Waals surface area contributed by atoms with Crippen molar-refractivity contribution in [3.05, 3.63) is 22.5 Å². The molecule has 0 aliphatic heterocycles. The summed E-state index contributed by atoms with van der Waals surface area (Å²) in [4.78, 5) is 18.9. The van der Waals surface area contributed by atoms with Crippen molar-refractivity contribution in [3.63, 3.8) is 0 Å². The minimum atomic E-state index is 0.0862. The van der Waals surface area contributed by atoms with Crippen LogP contribution in [-0.2, 0) is 30.5 Å². The van der Waals surface area contributed by atoms with Crippen LogP contribution in [0.25, 0.3) is 0 Å². The van der Waals surface area contributed by atoms with Gasteiger partial charge in [0.15, 0.2) is 0 Å². The van der Waals surface area contributed by atoms with Crippen LogP contribution in [-0.4, -0.2) is 36.4 Å². The number of fused-ring (bicyclic) bond motifs is 2. The van der Waals surface area contributed by atoms with E-state index in [1.54, 1.807) is 0 Å². The predicted molar refractivity (Wildman–Crippen MR) is 80.1 cm³/mol. The maximum Gasteiger partial charge on any atom is 0.238 e. The largest absolute Gasteiger partial charge is 0.324 e. The first-order chi connectivity index (χ1) is 9.65. The normalized spacial score (nSPS) is 16.9. The molecular weight excluding hydrogens is 250 g/mol. The summed E-state index contributed by atoms with van der Waals surface area (Å²) in [5, 5.41) is 3.18. The highest BCUT2D eigenvalue weighted by molar-refractivity contribution is 5.94. The van der Waals surface area contributed by atoms with E-state index < -0.39 is 0 Å². The second kappa shape index (κ2) is 5.52. The second-order valence-electron chi connectivity index (χ2n) is 6.18. The lowest BCUT2D eigenvalue weighted by Crippen LogP contribution is -2.28. The fraction of sp³-hybridized carbons (Fsp3) is 0.625. The van der Waals surface area contributed by atoms with Gasteiger partial charge in [0.25, 0.3) is 0 Å². The molecule has 0 aromatic carbocycles. The number of aromatic nitrogens is 1. The topological polar surface area (TPSA) is 45.2 Å². The number of hydrogen-bond acceptors (Lipinski definition) is 3. The number of carbonyl (C=O) groups is 1. The summed E-state index contributed by atoms with van der Waals surface area (Å²) >= 11 is 0. The van der Waals surface area contributed by atoms with Crippen molar-refractivity contribution in [1.29, 1.82) is 0 Å². The number of likely N-dealkylation sites (N-methyl/N-ethyl adjacent to an activating group) is 1. The first-order valence-electron chi connectivity index (χ1n) is 7.63. The van der Waals surface area contributed by atoms with E-state index in [0.717, 1.165) is 31.4 Å². The smallest absolute Gasteiger partial charge is 0.238 e. The molecular formula is C16H23N3O. The highest BCUT2D eigenvalue weighted by atomic mass is 16.2. The van der Waals surface area contributed by atoms with Crippen LogP contribution in [0.15, 0.2) is 0 Å². The molecule has 2 aliphatic carbocycles. The van der Waals surface area contributed by atoms with Crippen molar-refractivity contribution in [2.75, 3.05) is 26.0 Å². The van der Waals surface area contributed by atoms with Gasteiger partial charge in [-0.1, -0.05) is 0 Å². The highest BCUT2D eigenvalue weighted by Crippen LogP contribution is 2.35. The van der Waals surface area contributed by atoms with Crippen molar-refractivity contribution in [2.45, 2.75) is 44.9 Å². The predicted octanol–water partition coefficient (Wildman–Crippen LogP) is 1.95. The van der Waals surface area contributed by atoms with Gasteiger partial charge >= 0.3 is 0 Å². The van der Waals surface area contributed by atoms with Gasteiger partial charge in [-0.3, -0.25) is 9.78 Å². The van der Waals surface area contributed by atoms with Crippen molar-refractivity contribution >= 4 is 11.6 Å². The number of rotatable bonds is 3. The minimum Gasteiger partial charge on any atom is -0.324 e. The van der Waals surface area contributed by atoms with Crippen molar-refractivity contribution in [3.8, 4) is 0 Å². The van der Waals surface area contributed by atoms with Gasteiger partial charge < -0.3 is 10.2 Å². The number of nitrogens with one attached hydrogen (secondary N) is 1. The lowest BCUT2D eigenvalue weighted by Gasteiger charge is -2.22. The Labute approximate surface area is 120 Å². The Hall–Kier alpha value is -1.42. The van der Waals surface area contributed by atoms with Crippen LogP contribution < -0.4 is 5.32 Å². The molecule has 0 unspecified atom stereocenters. The van der Waals surface area contributed by atoms with Gasteiger partial charge in [-0.05, 0) is 70.2 Å². The summed E-state index contributed by atoms with van der Waals surface area (Å²) in [6.07, 6.45) is 7.87. The highest BCUT2D eigenvalue weighted by Gasteiger charge is 2.25. The molecule has 0 radical (unpaired) electrons. The summed E-state index contributed by atoms with van der Waals surface area (Å²) in [6, 6.07) is 0. The van der Waals surface area contributed by atoms with Gasteiger partial charge in [0, 0.05) is 11.4 Å². The molecule has 0 fully saturated rings. The van der Waals surface area contributed by atoms with Crippen LogP contribution in [0.3, 0.4) is 0 Å². The third kappa shape index (κ3) is 2.57. The van der Waals surface area contributed by atoms with Gasteiger partial charge in [0.05, 0.1) is 12.2 Å². The number of anilines is 1. The standard InChI is InChI=1S/C16H23N3O/c1-19(2)10-15(20)18-16-11-6-3-4-8-13(11)17-14-9-5-7-12(14)16/h3-10H2,1-2H3,(H,17,18,20). The van der Waals surface area contributed by atoms with E-state index in [1.165, 1.54) is 41.8 Å². The molecule has 1 aromatic rings. The van der Waals surface area contributed by atoms with Gasteiger partial charge in [-0.2, -0.15) is 0 Å². The molecule has 3 rings (SSSR count). The van der Waals surface area contributed by atoms with E-state index >= 15 is 0 Å². The molecule has 1 aromatic heterocycles. The fourth-order valence-corrected chi connectivity index (χ4v) is 3.36. The molecule has 0 saturated heterocycles. The van der Waals surface area contributed by atoms with Crippen LogP contribution in [0.4, 0.5) is 5.69 Å². The van der Waals surface area contributed by atoms with Gasteiger partial charge in [-0.15, -0.1) is 0 Å². The molecule has 0 saturated carbocycles. The molecule has 4 heteroatoms. The van der Waals surface area contributed by atoms with Crippen LogP contribution in [0, 0.1) is 0 Å².